The van der Waals surface area contributed by atoms with E-state index in [4.69, 9.17) is 5.73 Å². The van der Waals surface area contributed by atoms with E-state index in [1.165, 1.54) is 22.6 Å². The minimum atomic E-state index is -3.78. The van der Waals surface area contributed by atoms with E-state index >= 15 is 0 Å². The molecule has 0 bridgehead atoms. The number of hydrogen-bond donors (Lipinski definition) is 2. The number of sulfonamides is 1. The monoisotopic (exact) mass is 312 g/mol. The molecule has 0 spiro atoms. The first-order valence-electron chi connectivity index (χ1n) is 6.44. The number of hydrogen-bond acceptors (Lipinski definition) is 4. The number of nitrogen functional groups attached to an aromatic ring is 1. The summed E-state index contributed by atoms with van der Waals surface area (Å²) in [5, 5.41) is 6.06. The van der Waals surface area contributed by atoms with Gasteiger partial charge in [0.2, 0.25) is 10.0 Å². The highest BCUT2D eigenvalue weighted by Gasteiger charge is 2.31. The molecule has 2 aromatic rings. The van der Waals surface area contributed by atoms with Crippen molar-refractivity contribution in [3.63, 3.8) is 0 Å². The maximum Gasteiger partial charge on any atom is 0.248 e. The first kappa shape index (κ1) is 15.5. The summed E-state index contributed by atoms with van der Waals surface area (Å²) >= 11 is 0. The number of nitrogens with two attached hydrogens (primary N) is 1. The molecule has 8 heteroatoms. The molecular weight excluding hydrogens is 295 g/mol. The topological polar surface area (TPSA) is 92.1 Å². The van der Waals surface area contributed by atoms with Gasteiger partial charge in [-0.3, -0.25) is 5.10 Å². The number of anilines is 1. The van der Waals surface area contributed by atoms with Crippen molar-refractivity contribution in [2.75, 3.05) is 12.3 Å². The van der Waals surface area contributed by atoms with E-state index < -0.39 is 16.1 Å². The lowest BCUT2D eigenvalue weighted by Crippen LogP contribution is -2.33. The second kappa shape index (κ2) is 5.82. The number of aromatic amines is 1. The minimum absolute atomic E-state index is 0.000226. The predicted octanol–water partition coefficient (Wildman–Crippen LogP) is 1.90. The lowest BCUT2D eigenvalue weighted by atomic mass is 10.1. The van der Waals surface area contributed by atoms with Crippen molar-refractivity contribution < 1.29 is 12.8 Å². The average molecular weight is 312 g/mol. The average Bonchev–Trinajstić information content (AvgIpc) is 2.87. The van der Waals surface area contributed by atoms with Gasteiger partial charge in [0.15, 0.2) is 0 Å². The fourth-order valence-electron chi connectivity index (χ4n) is 2.18. The van der Waals surface area contributed by atoms with Crippen LogP contribution in [0.5, 0.6) is 0 Å². The van der Waals surface area contributed by atoms with Gasteiger partial charge in [-0.15, -0.1) is 0 Å². The van der Waals surface area contributed by atoms with Crippen LogP contribution in [0, 0.1) is 5.82 Å². The zero-order chi connectivity index (χ0) is 15.6. The van der Waals surface area contributed by atoms with Crippen LogP contribution in [0.25, 0.3) is 0 Å². The van der Waals surface area contributed by atoms with Gasteiger partial charge < -0.3 is 5.73 Å². The van der Waals surface area contributed by atoms with Gasteiger partial charge in [-0.25, -0.2) is 12.8 Å². The van der Waals surface area contributed by atoms with Crippen LogP contribution in [-0.2, 0) is 10.0 Å². The van der Waals surface area contributed by atoms with Crippen LogP contribution in [0.4, 0.5) is 10.2 Å². The molecule has 0 saturated heterocycles. The molecule has 3 N–H and O–H groups in total. The maximum atomic E-state index is 13.0. The smallest absolute Gasteiger partial charge is 0.248 e. The zero-order valence-electron chi connectivity index (χ0n) is 11.7. The molecule has 0 radical (unpaired) electrons. The highest BCUT2D eigenvalue weighted by molar-refractivity contribution is 7.89. The van der Waals surface area contributed by atoms with Gasteiger partial charge >= 0.3 is 0 Å². The normalized spacial score (nSPS) is 13.5. The number of nitrogens with zero attached hydrogens (tertiary/aromatic N) is 2. The number of aromatic nitrogens is 2. The Morgan fingerprint density at radius 3 is 2.48 bits per heavy atom. The van der Waals surface area contributed by atoms with E-state index in [-0.39, 0.29) is 23.1 Å². The molecule has 0 saturated carbocycles. The van der Waals surface area contributed by atoms with Crippen molar-refractivity contribution in [2.24, 2.45) is 0 Å². The van der Waals surface area contributed by atoms with Crippen LogP contribution >= 0.6 is 0 Å². The molecule has 1 heterocycles. The van der Waals surface area contributed by atoms with E-state index in [2.05, 4.69) is 10.2 Å². The molecule has 114 valence electrons. The van der Waals surface area contributed by atoms with Crippen LogP contribution in [0.1, 0.15) is 25.5 Å². The van der Waals surface area contributed by atoms with Crippen molar-refractivity contribution in [3.8, 4) is 0 Å². The molecule has 2 rings (SSSR count). The molecule has 1 aromatic heterocycles. The second-order valence-electron chi connectivity index (χ2n) is 4.58. The molecule has 0 aliphatic rings. The number of rotatable bonds is 5. The zero-order valence-corrected chi connectivity index (χ0v) is 12.6. The van der Waals surface area contributed by atoms with E-state index in [1.807, 2.05) is 0 Å². The summed E-state index contributed by atoms with van der Waals surface area (Å²) in [4.78, 5) is -0.0571. The molecule has 0 aliphatic carbocycles. The van der Waals surface area contributed by atoms with Crippen molar-refractivity contribution in [1.82, 2.24) is 14.5 Å². The van der Waals surface area contributed by atoms with Crippen LogP contribution in [0.2, 0.25) is 0 Å². The molecule has 1 aromatic carbocycles. The number of halogens is 1. The SMILES string of the molecule is CCN(C(C)c1ccc(F)cc1)S(=O)(=O)c1cn[nH]c1N. The van der Waals surface area contributed by atoms with Gasteiger partial charge in [-0.05, 0) is 24.6 Å². The third-order valence-corrected chi connectivity index (χ3v) is 5.39. The van der Waals surface area contributed by atoms with Crippen LogP contribution < -0.4 is 5.73 Å². The fraction of sp³-hybridized carbons (Fsp3) is 0.308. The Labute approximate surface area is 122 Å². The third kappa shape index (κ3) is 2.91. The minimum Gasteiger partial charge on any atom is -0.383 e. The Kier molecular flexibility index (Phi) is 4.29. The van der Waals surface area contributed by atoms with E-state index in [9.17, 15) is 12.8 Å². The summed E-state index contributed by atoms with van der Waals surface area (Å²) in [5.41, 5.74) is 6.30. The van der Waals surface area contributed by atoms with Crippen molar-refractivity contribution in [3.05, 3.63) is 41.8 Å². The summed E-state index contributed by atoms with van der Waals surface area (Å²) < 4.78 is 39.6. The largest absolute Gasteiger partial charge is 0.383 e. The number of nitrogens with one attached hydrogen (secondary N) is 1. The summed E-state index contributed by atoms with van der Waals surface area (Å²) in [6.07, 6.45) is 1.19. The number of H-pyrrole nitrogens is 1. The first-order valence-corrected chi connectivity index (χ1v) is 7.88. The third-order valence-electron chi connectivity index (χ3n) is 3.31. The fourth-order valence-corrected chi connectivity index (χ4v) is 3.82. The van der Waals surface area contributed by atoms with Gasteiger partial charge in [0.1, 0.15) is 16.5 Å². The lowest BCUT2D eigenvalue weighted by Gasteiger charge is -2.27. The predicted molar refractivity (Wildman–Crippen MR) is 77.4 cm³/mol. The second-order valence-corrected chi connectivity index (χ2v) is 6.44. The van der Waals surface area contributed by atoms with Gasteiger partial charge in [0.05, 0.1) is 6.20 Å². The van der Waals surface area contributed by atoms with Gasteiger partial charge in [-0.1, -0.05) is 19.1 Å². The molecule has 1 atom stereocenters. The molecule has 0 fully saturated rings. The quantitative estimate of drug-likeness (QED) is 0.882. The Morgan fingerprint density at radius 1 is 1.38 bits per heavy atom. The Hall–Kier alpha value is -1.93. The van der Waals surface area contributed by atoms with Gasteiger partial charge in [0, 0.05) is 12.6 Å². The van der Waals surface area contributed by atoms with Gasteiger partial charge in [0.25, 0.3) is 0 Å². The molecule has 1 unspecified atom stereocenters. The molecule has 0 amide bonds. The van der Waals surface area contributed by atoms with E-state index in [0.29, 0.717) is 5.56 Å². The van der Waals surface area contributed by atoms with Crippen LogP contribution in [0.3, 0.4) is 0 Å². The van der Waals surface area contributed by atoms with Crippen molar-refractivity contribution >= 4 is 15.8 Å². The molecule has 0 aliphatic heterocycles. The van der Waals surface area contributed by atoms with Crippen molar-refractivity contribution in [1.29, 1.82) is 0 Å². The molecule has 6 nitrogen and oxygen atoms in total. The molecular formula is C13H17FN4O2S. The standard InChI is InChI=1S/C13H17FN4O2S/c1-3-18(9(2)10-4-6-11(14)7-5-10)21(19,20)12-8-16-17-13(12)15/h4-9H,3H2,1-2H3,(H3,15,16,17). The Morgan fingerprint density at radius 2 is 2.00 bits per heavy atom. The summed E-state index contributed by atoms with van der Waals surface area (Å²) in [7, 11) is -3.78. The van der Waals surface area contributed by atoms with E-state index in [0.717, 1.165) is 0 Å². The lowest BCUT2D eigenvalue weighted by molar-refractivity contribution is 0.357. The highest BCUT2D eigenvalue weighted by atomic mass is 32.2. The van der Waals surface area contributed by atoms with E-state index in [1.54, 1.807) is 26.0 Å². The summed E-state index contributed by atoms with van der Waals surface area (Å²) in [6, 6.07) is 5.29. The number of benzene rings is 1. The summed E-state index contributed by atoms with van der Waals surface area (Å²) in [5.74, 6) is -0.365. The van der Waals surface area contributed by atoms with Crippen LogP contribution in [0.15, 0.2) is 35.4 Å². The summed E-state index contributed by atoms with van der Waals surface area (Å²) in [6.45, 7) is 3.73. The maximum absolute atomic E-state index is 13.0. The highest BCUT2D eigenvalue weighted by Crippen LogP contribution is 2.28. The van der Waals surface area contributed by atoms with Crippen LogP contribution in [-0.4, -0.2) is 29.5 Å². The van der Waals surface area contributed by atoms with Crippen molar-refractivity contribution in [2.45, 2.75) is 24.8 Å². The molecule has 21 heavy (non-hydrogen) atoms. The Balaban J connectivity index is 2.39. The Bertz CT molecular complexity index is 712. The first-order chi connectivity index (χ1) is 9.87. The van der Waals surface area contributed by atoms with Gasteiger partial charge in [-0.2, -0.15) is 9.40 Å².